The van der Waals surface area contributed by atoms with Crippen LogP contribution >= 0.6 is 0 Å². The molecule has 2 rings (SSSR count). The first-order valence-electron chi connectivity index (χ1n) is 6.64. The molecule has 4 nitrogen and oxygen atoms in total. The van der Waals surface area contributed by atoms with Gasteiger partial charge in [0.25, 0.3) is 0 Å². The summed E-state index contributed by atoms with van der Waals surface area (Å²) >= 11 is 0. The summed E-state index contributed by atoms with van der Waals surface area (Å²) in [6.07, 6.45) is -11.0. The number of alkyl halides is 6. The van der Waals surface area contributed by atoms with Gasteiger partial charge in [0, 0.05) is 0 Å². The van der Waals surface area contributed by atoms with Crippen LogP contribution in [0.25, 0.3) is 0 Å². The van der Waals surface area contributed by atoms with Crippen LogP contribution in [-0.4, -0.2) is 24.2 Å². The second-order valence-electron chi connectivity index (χ2n) is 6.18. The number of ether oxygens (including phenoxy) is 2. The third kappa shape index (κ3) is 3.22. The van der Waals surface area contributed by atoms with Gasteiger partial charge in [0.05, 0.1) is 0 Å². The zero-order valence-electron chi connectivity index (χ0n) is 12.7. The van der Waals surface area contributed by atoms with Gasteiger partial charge in [-0.3, -0.25) is 10.1 Å². The highest BCUT2D eigenvalue weighted by molar-refractivity contribution is 5.82. The van der Waals surface area contributed by atoms with Crippen LogP contribution in [0.4, 0.5) is 26.3 Å². The van der Waals surface area contributed by atoms with Gasteiger partial charge in [-0.05, 0) is 23.1 Å². The zero-order chi connectivity index (χ0) is 18.6. The molecule has 0 saturated carbocycles. The Morgan fingerprint density at radius 3 is 2.00 bits per heavy atom. The predicted molar refractivity (Wildman–Crippen MR) is 69.4 cm³/mol. The molecular weight excluding hydrogens is 344 g/mol. The van der Waals surface area contributed by atoms with Crippen LogP contribution in [0.5, 0.6) is 11.5 Å². The minimum absolute atomic E-state index is 0.415. The molecule has 1 aromatic carbocycles. The quantitative estimate of drug-likeness (QED) is 0.781. The lowest BCUT2D eigenvalue weighted by Crippen LogP contribution is -2.66. The SMILES string of the molecule is CC(C)(C)c1ccc2c(c1)O[C@](NC(=O)C(F)(F)F)(C(F)(F)F)O2. The first kappa shape index (κ1) is 18.2. The number of rotatable bonds is 1. The Kier molecular flexibility index (Phi) is 3.93. The van der Waals surface area contributed by atoms with E-state index < -0.39 is 41.1 Å². The third-order valence-corrected chi connectivity index (χ3v) is 3.23. The van der Waals surface area contributed by atoms with Crippen LogP contribution in [0.1, 0.15) is 26.3 Å². The fourth-order valence-corrected chi connectivity index (χ4v) is 1.93. The van der Waals surface area contributed by atoms with Gasteiger partial charge in [-0.2, -0.15) is 26.3 Å². The molecule has 0 aromatic heterocycles. The number of benzene rings is 1. The van der Waals surface area contributed by atoms with Crippen LogP contribution in [0.2, 0.25) is 0 Å². The van der Waals surface area contributed by atoms with Gasteiger partial charge >= 0.3 is 24.2 Å². The van der Waals surface area contributed by atoms with Crippen molar-refractivity contribution in [2.75, 3.05) is 0 Å². The van der Waals surface area contributed by atoms with E-state index in [-0.39, 0.29) is 0 Å². The van der Waals surface area contributed by atoms with Crippen molar-refractivity contribution >= 4 is 5.91 Å². The molecule has 0 spiro atoms. The van der Waals surface area contributed by atoms with E-state index in [1.165, 1.54) is 12.1 Å². The van der Waals surface area contributed by atoms with Crippen LogP contribution in [0, 0.1) is 0 Å². The van der Waals surface area contributed by atoms with E-state index in [1.807, 2.05) is 0 Å². The first-order valence-corrected chi connectivity index (χ1v) is 6.64. The summed E-state index contributed by atoms with van der Waals surface area (Å²) in [6.45, 7) is 5.35. The van der Waals surface area contributed by atoms with Gasteiger partial charge in [0.15, 0.2) is 11.5 Å². The average molecular weight is 357 g/mol. The van der Waals surface area contributed by atoms with Gasteiger partial charge in [0.1, 0.15) is 0 Å². The second-order valence-corrected chi connectivity index (χ2v) is 6.18. The van der Waals surface area contributed by atoms with Gasteiger partial charge in [0.2, 0.25) is 0 Å². The lowest BCUT2D eigenvalue weighted by Gasteiger charge is -2.29. The summed E-state index contributed by atoms with van der Waals surface area (Å²) in [7, 11) is 0. The molecule has 0 saturated heterocycles. The summed E-state index contributed by atoms with van der Waals surface area (Å²) < 4.78 is 85.7. The Morgan fingerprint density at radius 2 is 1.54 bits per heavy atom. The standard InChI is InChI=1S/C14H13F6NO3/c1-11(2,3)7-4-5-8-9(6-7)24-14(23-8,13(18,19)20)21-10(22)12(15,16)17/h4-6H,1-3H3,(H,21,22)/t14-/m0/s1. The summed E-state index contributed by atoms with van der Waals surface area (Å²) in [4.78, 5) is 11.0. The Bertz CT molecular complexity index is 662. The highest BCUT2D eigenvalue weighted by Crippen LogP contribution is 2.46. The summed E-state index contributed by atoms with van der Waals surface area (Å²) in [5.41, 5.74) is 0.127. The van der Waals surface area contributed by atoms with Crippen molar-refractivity contribution in [2.45, 2.75) is 44.4 Å². The molecule has 0 bridgehead atoms. The Labute approximate surface area is 132 Å². The van der Waals surface area contributed by atoms with Crippen molar-refractivity contribution in [1.82, 2.24) is 5.32 Å². The maximum absolute atomic E-state index is 13.2. The lowest BCUT2D eigenvalue weighted by atomic mass is 9.87. The third-order valence-electron chi connectivity index (χ3n) is 3.23. The number of nitrogens with one attached hydrogen (secondary N) is 1. The molecule has 0 fully saturated rings. The predicted octanol–water partition coefficient (Wildman–Crippen LogP) is 3.65. The zero-order valence-corrected chi connectivity index (χ0v) is 12.7. The van der Waals surface area contributed by atoms with E-state index in [0.29, 0.717) is 5.56 Å². The molecule has 0 unspecified atom stereocenters. The second kappa shape index (κ2) is 5.18. The molecule has 1 aliphatic rings. The molecule has 1 amide bonds. The van der Waals surface area contributed by atoms with Crippen LogP contribution in [0.15, 0.2) is 18.2 Å². The monoisotopic (exact) mass is 357 g/mol. The molecule has 134 valence electrons. The number of carbonyl (C=O) groups excluding carboxylic acids is 1. The first-order chi connectivity index (χ1) is 10.7. The van der Waals surface area contributed by atoms with E-state index in [2.05, 4.69) is 9.47 Å². The van der Waals surface area contributed by atoms with Crippen molar-refractivity contribution in [3.05, 3.63) is 23.8 Å². The minimum atomic E-state index is -5.53. The molecule has 1 atom stereocenters. The lowest BCUT2D eigenvalue weighted by molar-refractivity contribution is -0.322. The van der Waals surface area contributed by atoms with E-state index in [9.17, 15) is 31.1 Å². The molecule has 10 heteroatoms. The van der Waals surface area contributed by atoms with Crippen molar-refractivity contribution in [3.63, 3.8) is 0 Å². The van der Waals surface area contributed by atoms with Gasteiger partial charge in [-0.15, -0.1) is 0 Å². The number of halogens is 6. The van der Waals surface area contributed by atoms with Gasteiger partial charge in [-0.1, -0.05) is 26.8 Å². The Morgan fingerprint density at radius 1 is 1.00 bits per heavy atom. The average Bonchev–Trinajstić information content (AvgIpc) is 2.74. The summed E-state index contributed by atoms with van der Waals surface area (Å²) in [6, 6.07) is 3.83. The number of fused-ring (bicyclic) bond motifs is 1. The van der Waals surface area contributed by atoms with Crippen molar-refractivity contribution in [3.8, 4) is 11.5 Å². The Hall–Kier alpha value is -2.13. The molecule has 0 radical (unpaired) electrons. The van der Waals surface area contributed by atoms with E-state index in [1.54, 1.807) is 20.8 Å². The maximum atomic E-state index is 13.2. The summed E-state index contributed by atoms with van der Waals surface area (Å²) in [5, 5.41) is 0.744. The molecule has 1 N–H and O–H groups in total. The number of hydrogen-bond donors (Lipinski definition) is 1. The molecule has 0 aliphatic carbocycles. The highest BCUT2D eigenvalue weighted by Gasteiger charge is 2.67. The molecular formula is C14H13F6NO3. The van der Waals surface area contributed by atoms with Gasteiger partial charge in [-0.25, -0.2) is 0 Å². The highest BCUT2D eigenvalue weighted by atomic mass is 19.4. The number of amides is 1. The summed E-state index contributed by atoms with van der Waals surface area (Å²) in [5.74, 6) is -7.60. The van der Waals surface area contributed by atoms with Gasteiger partial charge < -0.3 is 9.47 Å². The van der Waals surface area contributed by atoms with Crippen molar-refractivity contribution < 1.29 is 40.6 Å². The largest absolute Gasteiger partial charge is 0.492 e. The van der Waals surface area contributed by atoms with E-state index >= 15 is 0 Å². The minimum Gasteiger partial charge on any atom is -0.424 e. The molecule has 1 aliphatic heterocycles. The maximum Gasteiger partial charge on any atom is 0.492 e. The van der Waals surface area contributed by atoms with E-state index in [4.69, 9.17) is 0 Å². The fraction of sp³-hybridized carbons (Fsp3) is 0.500. The fourth-order valence-electron chi connectivity index (χ4n) is 1.93. The molecule has 1 aromatic rings. The topological polar surface area (TPSA) is 47.6 Å². The Balaban J connectivity index is 2.41. The van der Waals surface area contributed by atoms with E-state index in [0.717, 1.165) is 11.4 Å². The number of hydrogen-bond acceptors (Lipinski definition) is 3. The molecule has 1 heterocycles. The van der Waals surface area contributed by atoms with Crippen molar-refractivity contribution in [1.29, 1.82) is 0 Å². The van der Waals surface area contributed by atoms with Crippen LogP contribution in [0.3, 0.4) is 0 Å². The van der Waals surface area contributed by atoms with Crippen LogP contribution in [-0.2, 0) is 10.2 Å². The molecule has 24 heavy (non-hydrogen) atoms. The van der Waals surface area contributed by atoms with Crippen LogP contribution < -0.4 is 14.8 Å². The smallest absolute Gasteiger partial charge is 0.424 e. The van der Waals surface area contributed by atoms with Crippen molar-refractivity contribution in [2.24, 2.45) is 0 Å². The normalized spacial score (nSPS) is 20.9. The number of carbonyl (C=O) groups is 1.